The molecule has 1 aromatic carbocycles. The Kier molecular flexibility index (Phi) is 3.90. The van der Waals surface area contributed by atoms with Crippen molar-refractivity contribution >= 4 is 46.7 Å². The quantitative estimate of drug-likeness (QED) is 0.817. The van der Waals surface area contributed by atoms with Gasteiger partial charge in [-0.15, -0.1) is 11.8 Å². The van der Waals surface area contributed by atoms with Crippen molar-refractivity contribution in [1.29, 1.82) is 0 Å². The molecule has 0 fully saturated rings. The van der Waals surface area contributed by atoms with Gasteiger partial charge in [0.1, 0.15) is 0 Å². The van der Waals surface area contributed by atoms with E-state index in [0.717, 1.165) is 16.8 Å². The maximum atomic E-state index is 12.1. The second-order valence-electron chi connectivity index (χ2n) is 4.93. The zero-order chi connectivity index (χ0) is 15.1. The number of fused-ring (bicyclic) bond motifs is 1. The van der Waals surface area contributed by atoms with Crippen LogP contribution in [0.5, 0.6) is 0 Å². The Morgan fingerprint density at radius 3 is 2.76 bits per heavy atom. The molecule has 0 aliphatic carbocycles. The number of aryl methyl sites for hydroxylation is 1. The summed E-state index contributed by atoms with van der Waals surface area (Å²) in [5.74, 6) is 0.542. The van der Waals surface area contributed by atoms with Crippen LogP contribution < -0.4 is 5.32 Å². The zero-order valence-electron chi connectivity index (χ0n) is 11.4. The number of aromatic nitrogens is 2. The summed E-state index contributed by atoms with van der Waals surface area (Å²) in [5, 5.41) is 10.8. The Morgan fingerprint density at radius 2 is 2.05 bits per heavy atom. The number of thioether (sulfide) groups is 1. The lowest BCUT2D eigenvalue weighted by molar-refractivity contribution is -0.115. The highest BCUT2D eigenvalue weighted by Crippen LogP contribution is 2.45. The van der Waals surface area contributed by atoms with Crippen LogP contribution in [0, 0.1) is 6.92 Å². The van der Waals surface area contributed by atoms with E-state index in [9.17, 15) is 4.79 Å². The first-order valence-electron chi connectivity index (χ1n) is 6.43. The van der Waals surface area contributed by atoms with E-state index in [1.54, 1.807) is 17.8 Å². The topological polar surface area (TPSA) is 57.8 Å². The molecule has 2 atom stereocenters. The van der Waals surface area contributed by atoms with Gasteiger partial charge in [-0.25, -0.2) is 0 Å². The number of benzene rings is 1. The molecule has 1 amide bonds. The summed E-state index contributed by atoms with van der Waals surface area (Å²) in [5.41, 5.74) is 2.92. The average Bonchev–Trinajstić information content (AvgIpc) is 2.73. The van der Waals surface area contributed by atoms with Gasteiger partial charge >= 0.3 is 0 Å². The van der Waals surface area contributed by atoms with Crippen molar-refractivity contribution in [3.63, 3.8) is 0 Å². The van der Waals surface area contributed by atoms with Gasteiger partial charge in [0.2, 0.25) is 5.91 Å². The van der Waals surface area contributed by atoms with Gasteiger partial charge in [-0.3, -0.25) is 9.89 Å². The molecular formula is C14H13Cl2N3OS. The molecule has 4 nitrogen and oxygen atoms in total. The van der Waals surface area contributed by atoms with Gasteiger partial charge in [0.05, 0.1) is 20.5 Å². The molecule has 3 rings (SSSR count). The highest BCUT2D eigenvalue weighted by atomic mass is 35.5. The summed E-state index contributed by atoms with van der Waals surface area (Å²) < 4.78 is 0. The SMILES string of the molecule is Cc1[nH]nc2c1[C@@H](c1ccc(Cl)c(Cl)c1)S[C@H](C)C(=O)N2. The first-order chi connectivity index (χ1) is 9.97. The molecule has 1 aliphatic heterocycles. The molecule has 0 bridgehead atoms. The van der Waals surface area contributed by atoms with Crippen molar-refractivity contribution in [2.75, 3.05) is 5.32 Å². The first-order valence-corrected chi connectivity index (χ1v) is 8.13. The third kappa shape index (κ3) is 2.65. The standard InChI is InChI=1S/C14H13Cl2N3OS/c1-6-11-12(8-3-4-9(15)10(16)5-8)21-7(2)14(20)17-13(11)19-18-6/h3-5,7,12H,1-2H3,(H2,17,18,19,20)/t7-,12-/m1/s1. The van der Waals surface area contributed by atoms with E-state index in [1.165, 1.54) is 0 Å². The van der Waals surface area contributed by atoms with Crippen LogP contribution >= 0.6 is 35.0 Å². The number of anilines is 1. The highest BCUT2D eigenvalue weighted by Gasteiger charge is 2.32. The van der Waals surface area contributed by atoms with Crippen molar-refractivity contribution in [2.45, 2.75) is 24.3 Å². The molecule has 1 aliphatic rings. The number of hydrogen-bond donors (Lipinski definition) is 2. The number of carbonyl (C=O) groups is 1. The zero-order valence-corrected chi connectivity index (χ0v) is 13.7. The lowest BCUT2D eigenvalue weighted by atomic mass is 10.0. The maximum absolute atomic E-state index is 12.1. The number of H-pyrrole nitrogens is 1. The van der Waals surface area contributed by atoms with Gasteiger partial charge in [-0.05, 0) is 31.5 Å². The van der Waals surface area contributed by atoms with Gasteiger partial charge in [0.25, 0.3) is 0 Å². The molecule has 0 unspecified atom stereocenters. The van der Waals surface area contributed by atoms with Crippen molar-refractivity contribution in [3.05, 3.63) is 45.1 Å². The minimum Gasteiger partial charge on any atom is -0.308 e. The number of nitrogens with one attached hydrogen (secondary N) is 2. The van der Waals surface area contributed by atoms with Crippen LogP contribution in [-0.4, -0.2) is 21.4 Å². The fourth-order valence-corrected chi connectivity index (χ4v) is 3.95. The summed E-state index contributed by atoms with van der Waals surface area (Å²) >= 11 is 13.7. The molecule has 0 radical (unpaired) electrons. The van der Waals surface area contributed by atoms with Crippen molar-refractivity contribution < 1.29 is 4.79 Å². The summed E-state index contributed by atoms with van der Waals surface area (Å²) in [6, 6.07) is 5.56. The number of nitrogens with zero attached hydrogens (tertiary/aromatic N) is 1. The molecule has 0 saturated heterocycles. The second-order valence-corrected chi connectivity index (χ2v) is 7.20. The smallest absolute Gasteiger partial charge is 0.238 e. The highest BCUT2D eigenvalue weighted by molar-refractivity contribution is 8.01. The van der Waals surface area contributed by atoms with Crippen LogP contribution in [0.3, 0.4) is 0 Å². The largest absolute Gasteiger partial charge is 0.308 e. The lowest BCUT2D eigenvalue weighted by Gasteiger charge is -2.18. The van der Waals surface area contributed by atoms with E-state index >= 15 is 0 Å². The van der Waals surface area contributed by atoms with E-state index in [2.05, 4.69) is 15.5 Å². The van der Waals surface area contributed by atoms with Crippen LogP contribution in [-0.2, 0) is 4.79 Å². The van der Waals surface area contributed by atoms with Crippen molar-refractivity contribution in [3.8, 4) is 0 Å². The van der Waals surface area contributed by atoms with Gasteiger partial charge < -0.3 is 5.32 Å². The second kappa shape index (κ2) is 5.55. The van der Waals surface area contributed by atoms with Crippen LogP contribution in [0.1, 0.15) is 29.0 Å². The summed E-state index contributed by atoms with van der Waals surface area (Å²) in [7, 11) is 0. The van der Waals surface area contributed by atoms with E-state index in [0.29, 0.717) is 15.9 Å². The fourth-order valence-electron chi connectivity index (χ4n) is 2.33. The van der Waals surface area contributed by atoms with Gasteiger partial charge in [0.15, 0.2) is 5.82 Å². The molecular weight excluding hydrogens is 329 g/mol. The summed E-state index contributed by atoms with van der Waals surface area (Å²) in [6.07, 6.45) is 0. The number of hydrogen-bond acceptors (Lipinski definition) is 3. The maximum Gasteiger partial charge on any atom is 0.238 e. The monoisotopic (exact) mass is 341 g/mol. The molecule has 21 heavy (non-hydrogen) atoms. The molecule has 110 valence electrons. The normalized spacial score (nSPS) is 21.6. The number of aromatic amines is 1. The average molecular weight is 342 g/mol. The Morgan fingerprint density at radius 1 is 1.29 bits per heavy atom. The molecule has 0 spiro atoms. The number of amides is 1. The van der Waals surface area contributed by atoms with Crippen LogP contribution in [0.25, 0.3) is 0 Å². The van der Waals surface area contributed by atoms with E-state index in [-0.39, 0.29) is 16.4 Å². The Labute approximate surface area is 136 Å². The van der Waals surface area contributed by atoms with Crippen LogP contribution in [0.2, 0.25) is 10.0 Å². The minimum absolute atomic E-state index is 0.0255. The number of rotatable bonds is 1. The predicted octanol–water partition coefficient (Wildman–Crippen LogP) is 4.19. The summed E-state index contributed by atoms with van der Waals surface area (Å²) in [6.45, 7) is 3.83. The van der Waals surface area contributed by atoms with Crippen molar-refractivity contribution in [2.24, 2.45) is 0 Å². The fraction of sp³-hybridized carbons (Fsp3) is 0.286. The number of halogens is 2. The Hall–Kier alpha value is -1.17. The third-order valence-electron chi connectivity index (χ3n) is 3.45. The molecule has 7 heteroatoms. The lowest BCUT2D eigenvalue weighted by Crippen LogP contribution is -2.21. The van der Waals surface area contributed by atoms with Crippen LogP contribution in [0.15, 0.2) is 18.2 Å². The van der Waals surface area contributed by atoms with Crippen molar-refractivity contribution in [1.82, 2.24) is 10.2 Å². The van der Waals surface area contributed by atoms with Crippen LogP contribution in [0.4, 0.5) is 5.82 Å². The molecule has 1 aromatic heterocycles. The minimum atomic E-state index is -0.182. The Bertz CT molecular complexity index is 716. The molecule has 2 aromatic rings. The molecule has 0 saturated carbocycles. The van der Waals surface area contributed by atoms with Gasteiger partial charge in [0, 0.05) is 11.3 Å². The van der Waals surface area contributed by atoms with E-state index in [1.807, 2.05) is 26.0 Å². The van der Waals surface area contributed by atoms with E-state index < -0.39 is 0 Å². The van der Waals surface area contributed by atoms with E-state index in [4.69, 9.17) is 23.2 Å². The molecule has 2 heterocycles. The molecule has 2 N–H and O–H groups in total. The number of carbonyl (C=O) groups excluding carboxylic acids is 1. The first kappa shape index (κ1) is 14.8. The predicted molar refractivity (Wildman–Crippen MR) is 87.3 cm³/mol. The third-order valence-corrected chi connectivity index (χ3v) is 5.60. The summed E-state index contributed by atoms with van der Waals surface area (Å²) in [4.78, 5) is 12.1. The van der Waals surface area contributed by atoms with Gasteiger partial charge in [-0.1, -0.05) is 29.3 Å². The van der Waals surface area contributed by atoms with Gasteiger partial charge in [-0.2, -0.15) is 5.10 Å². The Balaban J connectivity index is 2.13.